The second kappa shape index (κ2) is 3.61. The minimum Gasteiger partial charge on any atom is -0.265 e. The van der Waals surface area contributed by atoms with Gasteiger partial charge in [-0.2, -0.15) is 19.2 Å². The average molecular weight is 374 g/mol. The third kappa shape index (κ3) is 1.27. The largest absolute Gasteiger partial charge is 0.298 e. The van der Waals surface area contributed by atoms with E-state index in [9.17, 15) is 9.59 Å². The Bertz CT molecular complexity index is 836. The Labute approximate surface area is 117 Å². The van der Waals surface area contributed by atoms with Crippen LogP contribution in [0.2, 0.25) is 0 Å². The lowest BCUT2D eigenvalue weighted by Crippen LogP contribution is -2.27. The van der Waals surface area contributed by atoms with Crippen molar-refractivity contribution >= 4 is 42.9 Å². The molecule has 0 N–H and O–H groups in total. The summed E-state index contributed by atoms with van der Waals surface area (Å²) >= 11 is 6.54. The zero-order valence-corrected chi connectivity index (χ0v) is 12.5. The van der Waals surface area contributed by atoms with Crippen LogP contribution in [0.4, 0.5) is 0 Å². The third-order valence-electron chi connectivity index (χ3n) is 2.76. The molecule has 0 radical (unpaired) electrons. The SMILES string of the molecule is Cc1nn2c(=O)c3c(Br)c(C)nn3c(=O)c2c1Br. The van der Waals surface area contributed by atoms with Gasteiger partial charge in [0.2, 0.25) is 0 Å². The molecule has 0 spiro atoms. The van der Waals surface area contributed by atoms with E-state index in [1.54, 1.807) is 13.8 Å². The van der Waals surface area contributed by atoms with Gasteiger partial charge in [-0.05, 0) is 45.7 Å². The van der Waals surface area contributed by atoms with Gasteiger partial charge in [-0.3, -0.25) is 9.59 Å². The fraction of sp³-hybridized carbons (Fsp3) is 0.200. The van der Waals surface area contributed by atoms with Gasteiger partial charge in [0.1, 0.15) is 0 Å². The summed E-state index contributed by atoms with van der Waals surface area (Å²) in [6.45, 7) is 3.44. The smallest absolute Gasteiger partial charge is 0.265 e. The van der Waals surface area contributed by atoms with Crippen molar-refractivity contribution in [2.24, 2.45) is 0 Å². The molecule has 8 heteroatoms. The molecule has 0 fully saturated rings. The number of halogens is 2. The lowest BCUT2D eigenvalue weighted by atomic mass is 10.4. The summed E-state index contributed by atoms with van der Waals surface area (Å²) in [6.07, 6.45) is 0. The molecule has 92 valence electrons. The van der Waals surface area contributed by atoms with Gasteiger partial charge in [0, 0.05) is 0 Å². The number of fused-ring (bicyclic) bond motifs is 2. The standard InChI is InChI=1S/C10H6Br2N4O2/c1-3-5(11)7-9(17)16-8(6(12)4(2)14-16)10(18)15(7)13-3/h1-2H3. The highest BCUT2D eigenvalue weighted by molar-refractivity contribution is 9.11. The van der Waals surface area contributed by atoms with Crippen LogP contribution < -0.4 is 11.1 Å². The van der Waals surface area contributed by atoms with Crippen LogP contribution in [-0.4, -0.2) is 19.2 Å². The molecule has 3 aromatic rings. The van der Waals surface area contributed by atoms with Gasteiger partial charge >= 0.3 is 0 Å². The quantitative estimate of drug-likeness (QED) is 0.595. The minimum absolute atomic E-state index is 0.208. The Morgan fingerprint density at radius 1 is 0.833 bits per heavy atom. The molecule has 3 rings (SSSR count). The molecular weight excluding hydrogens is 368 g/mol. The molecule has 0 saturated carbocycles. The van der Waals surface area contributed by atoms with E-state index in [2.05, 4.69) is 42.1 Å². The summed E-state index contributed by atoms with van der Waals surface area (Å²) in [4.78, 5) is 24.6. The van der Waals surface area contributed by atoms with Crippen LogP contribution in [0.1, 0.15) is 11.4 Å². The van der Waals surface area contributed by atoms with Crippen LogP contribution >= 0.6 is 31.9 Å². The van der Waals surface area contributed by atoms with E-state index in [4.69, 9.17) is 0 Å². The van der Waals surface area contributed by atoms with Crippen LogP contribution in [-0.2, 0) is 0 Å². The van der Waals surface area contributed by atoms with Gasteiger partial charge < -0.3 is 0 Å². The molecule has 0 atom stereocenters. The molecule has 0 aromatic carbocycles. The van der Waals surface area contributed by atoms with Gasteiger partial charge in [0.05, 0.1) is 20.3 Å². The molecule has 0 aliphatic rings. The van der Waals surface area contributed by atoms with Crippen LogP contribution in [0.25, 0.3) is 11.0 Å². The number of rotatable bonds is 0. The molecule has 0 bridgehead atoms. The van der Waals surface area contributed by atoms with Crippen molar-refractivity contribution in [2.75, 3.05) is 0 Å². The van der Waals surface area contributed by atoms with E-state index in [0.717, 1.165) is 9.03 Å². The van der Waals surface area contributed by atoms with Crippen molar-refractivity contribution in [1.82, 2.24) is 19.2 Å². The fourth-order valence-electron chi connectivity index (χ4n) is 1.88. The Balaban J connectivity index is 2.79. The normalized spacial score (nSPS) is 11.8. The predicted molar refractivity (Wildman–Crippen MR) is 72.5 cm³/mol. The molecule has 0 unspecified atom stereocenters. The van der Waals surface area contributed by atoms with E-state index in [0.29, 0.717) is 20.3 Å². The first-order valence-electron chi connectivity index (χ1n) is 5.03. The van der Waals surface area contributed by atoms with Crippen molar-refractivity contribution in [3.05, 3.63) is 41.0 Å². The van der Waals surface area contributed by atoms with Crippen molar-refractivity contribution in [1.29, 1.82) is 0 Å². The number of hydrogen-bond acceptors (Lipinski definition) is 4. The van der Waals surface area contributed by atoms with Gasteiger partial charge in [0.25, 0.3) is 11.1 Å². The van der Waals surface area contributed by atoms with Crippen molar-refractivity contribution in [3.63, 3.8) is 0 Å². The first-order valence-corrected chi connectivity index (χ1v) is 6.61. The summed E-state index contributed by atoms with van der Waals surface area (Å²) in [6, 6.07) is 0. The highest BCUT2D eigenvalue weighted by Gasteiger charge is 2.20. The maximum Gasteiger partial charge on any atom is 0.298 e. The number of hydrogen-bond donors (Lipinski definition) is 0. The number of aromatic nitrogens is 4. The van der Waals surface area contributed by atoms with E-state index < -0.39 is 0 Å². The first kappa shape index (κ1) is 11.8. The molecule has 3 aromatic heterocycles. The summed E-state index contributed by atoms with van der Waals surface area (Å²) in [7, 11) is 0. The number of nitrogens with zero attached hydrogens (tertiary/aromatic N) is 4. The fourth-order valence-corrected chi connectivity index (χ4v) is 2.71. The van der Waals surface area contributed by atoms with Gasteiger partial charge in [-0.25, -0.2) is 0 Å². The monoisotopic (exact) mass is 372 g/mol. The van der Waals surface area contributed by atoms with Crippen molar-refractivity contribution in [3.8, 4) is 0 Å². The molecule has 3 heterocycles. The van der Waals surface area contributed by atoms with E-state index >= 15 is 0 Å². The zero-order chi connectivity index (χ0) is 13.2. The second-order valence-corrected chi connectivity index (χ2v) is 5.52. The summed E-state index contributed by atoms with van der Waals surface area (Å²) < 4.78 is 3.28. The van der Waals surface area contributed by atoms with E-state index in [1.165, 1.54) is 0 Å². The summed E-state index contributed by atoms with van der Waals surface area (Å²) in [5.74, 6) is 0. The maximum atomic E-state index is 12.3. The Morgan fingerprint density at radius 2 is 1.17 bits per heavy atom. The Hall–Kier alpha value is -1.28. The van der Waals surface area contributed by atoms with E-state index in [1.807, 2.05) is 0 Å². The highest BCUT2D eigenvalue weighted by Crippen LogP contribution is 2.21. The van der Waals surface area contributed by atoms with Crippen molar-refractivity contribution in [2.45, 2.75) is 13.8 Å². The topological polar surface area (TPSA) is 68.7 Å². The Morgan fingerprint density at radius 3 is 1.50 bits per heavy atom. The summed E-state index contributed by atoms with van der Waals surface area (Å²) in [5.41, 5.74) is 0.854. The molecule has 0 saturated heterocycles. The van der Waals surface area contributed by atoms with Crippen LogP contribution in [0, 0.1) is 13.8 Å². The molecule has 18 heavy (non-hydrogen) atoms. The molecule has 0 amide bonds. The molecule has 0 aliphatic heterocycles. The minimum atomic E-state index is -0.370. The van der Waals surface area contributed by atoms with Crippen LogP contribution in [0.15, 0.2) is 18.5 Å². The van der Waals surface area contributed by atoms with Gasteiger partial charge in [-0.1, -0.05) is 0 Å². The average Bonchev–Trinajstić information content (AvgIpc) is 2.78. The zero-order valence-electron chi connectivity index (χ0n) is 9.36. The molecule has 6 nitrogen and oxygen atoms in total. The highest BCUT2D eigenvalue weighted by atomic mass is 79.9. The Kier molecular flexibility index (Phi) is 2.36. The molecular formula is C10H6Br2N4O2. The van der Waals surface area contributed by atoms with Gasteiger partial charge in [-0.15, -0.1) is 0 Å². The predicted octanol–water partition coefficient (Wildman–Crippen LogP) is 1.28. The third-order valence-corrected chi connectivity index (χ3v) is 4.66. The number of aryl methyl sites for hydroxylation is 2. The molecule has 0 aliphatic carbocycles. The second-order valence-electron chi connectivity index (χ2n) is 3.93. The lowest BCUT2D eigenvalue weighted by Gasteiger charge is -1.94. The maximum absolute atomic E-state index is 12.3. The van der Waals surface area contributed by atoms with E-state index in [-0.39, 0.29) is 22.2 Å². The van der Waals surface area contributed by atoms with Crippen LogP contribution in [0.5, 0.6) is 0 Å². The summed E-state index contributed by atoms with van der Waals surface area (Å²) in [5, 5.41) is 8.14. The van der Waals surface area contributed by atoms with Gasteiger partial charge in [0.15, 0.2) is 11.0 Å². The first-order chi connectivity index (χ1) is 8.43. The van der Waals surface area contributed by atoms with Crippen LogP contribution in [0.3, 0.4) is 0 Å². The van der Waals surface area contributed by atoms with Crippen molar-refractivity contribution < 1.29 is 0 Å². The lowest BCUT2D eigenvalue weighted by molar-refractivity contribution is 0.837.